The zero-order valence-electron chi connectivity index (χ0n) is 10.1. The van der Waals surface area contributed by atoms with Crippen LogP contribution in [0.5, 0.6) is 5.75 Å². The number of ether oxygens (including phenoxy) is 1. The van der Waals surface area contributed by atoms with E-state index < -0.39 is 23.9 Å². The standard InChI is InChI=1S/C13H14F2O3/c1-13(2)9(10(13)11(16)17)7-5-3-4-6-8(7)18-12(14)15/h3-6,9-10,12H,1-2H3,(H,16,17)/t9-,10+/m1/s1. The van der Waals surface area contributed by atoms with E-state index in [1.54, 1.807) is 18.2 Å². The van der Waals surface area contributed by atoms with Crippen LogP contribution >= 0.6 is 0 Å². The van der Waals surface area contributed by atoms with E-state index in [9.17, 15) is 13.6 Å². The van der Waals surface area contributed by atoms with Crippen molar-refractivity contribution in [1.82, 2.24) is 0 Å². The Balaban J connectivity index is 2.33. The average molecular weight is 256 g/mol. The summed E-state index contributed by atoms with van der Waals surface area (Å²) in [7, 11) is 0. The molecule has 5 heteroatoms. The SMILES string of the molecule is CC1(C)[C@H](C(=O)O)[C@H]1c1ccccc1OC(F)F. The highest BCUT2D eigenvalue weighted by Gasteiger charge is 2.63. The van der Waals surface area contributed by atoms with Gasteiger partial charge in [-0.05, 0) is 17.0 Å². The molecule has 18 heavy (non-hydrogen) atoms. The highest BCUT2D eigenvalue weighted by atomic mass is 19.3. The fourth-order valence-electron chi connectivity index (χ4n) is 2.62. The van der Waals surface area contributed by atoms with Gasteiger partial charge in [0, 0.05) is 5.92 Å². The summed E-state index contributed by atoms with van der Waals surface area (Å²) in [6, 6.07) is 6.37. The van der Waals surface area contributed by atoms with E-state index in [2.05, 4.69) is 4.74 Å². The second-order valence-electron chi connectivity index (χ2n) is 5.03. The minimum atomic E-state index is -2.91. The Morgan fingerprint density at radius 1 is 1.39 bits per heavy atom. The summed E-state index contributed by atoms with van der Waals surface area (Å²) < 4.78 is 29.0. The van der Waals surface area contributed by atoms with E-state index in [-0.39, 0.29) is 11.7 Å². The molecule has 1 aliphatic rings. The van der Waals surface area contributed by atoms with Gasteiger partial charge in [-0.25, -0.2) is 0 Å². The average Bonchev–Trinajstić information content (AvgIpc) is 2.81. The summed E-state index contributed by atoms with van der Waals surface area (Å²) in [4.78, 5) is 11.1. The quantitative estimate of drug-likeness (QED) is 0.900. The van der Waals surface area contributed by atoms with Gasteiger partial charge in [-0.15, -0.1) is 0 Å². The van der Waals surface area contributed by atoms with Crippen molar-refractivity contribution < 1.29 is 23.4 Å². The number of hydrogen-bond acceptors (Lipinski definition) is 2. The van der Waals surface area contributed by atoms with Gasteiger partial charge in [-0.3, -0.25) is 4.79 Å². The Bertz CT molecular complexity index is 471. The fourth-order valence-corrected chi connectivity index (χ4v) is 2.62. The molecule has 0 saturated heterocycles. The van der Waals surface area contributed by atoms with Gasteiger partial charge >= 0.3 is 12.6 Å². The maximum atomic E-state index is 12.3. The lowest BCUT2D eigenvalue weighted by Crippen LogP contribution is -2.05. The van der Waals surface area contributed by atoms with Gasteiger partial charge < -0.3 is 9.84 Å². The van der Waals surface area contributed by atoms with Gasteiger partial charge in [0.1, 0.15) is 5.75 Å². The Morgan fingerprint density at radius 2 is 2.00 bits per heavy atom. The lowest BCUT2D eigenvalue weighted by atomic mass is 10.0. The van der Waals surface area contributed by atoms with Gasteiger partial charge in [-0.1, -0.05) is 32.0 Å². The number of aliphatic carboxylic acids is 1. The molecule has 98 valence electrons. The van der Waals surface area contributed by atoms with E-state index in [1.165, 1.54) is 6.07 Å². The van der Waals surface area contributed by atoms with Crippen LogP contribution in [0.1, 0.15) is 25.3 Å². The molecule has 0 aromatic heterocycles. The lowest BCUT2D eigenvalue weighted by Gasteiger charge is -2.11. The highest BCUT2D eigenvalue weighted by molar-refractivity contribution is 5.78. The van der Waals surface area contributed by atoms with Gasteiger partial charge in [0.15, 0.2) is 0 Å². The van der Waals surface area contributed by atoms with Crippen molar-refractivity contribution in [2.75, 3.05) is 0 Å². The minimum Gasteiger partial charge on any atom is -0.481 e. The number of carboxylic acids is 1. The molecule has 0 bridgehead atoms. The monoisotopic (exact) mass is 256 g/mol. The zero-order chi connectivity index (χ0) is 13.5. The fraction of sp³-hybridized carbons (Fsp3) is 0.462. The predicted octanol–water partition coefficient (Wildman–Crippen LogP) is 3.11. The normalized spacial score (nSPS) is 24.9. The van der Waals surface area contributed by atoms with E-state index in [4.69, 9.17) is 5.11 Å². The second-order valence-corrected chi connectivity index (χ2v) is 5.03. The predicted molar refractivity (Wildman–Crippen MR) is 60.7 cm³/mol. The van der Waals surface area contributed by atoms with Crippen molar-refractivity contribution >= 4 is 5.97 Å². The van der Waals surface area contributed by atoms with Crippen LogP contribution in [0.2, 0.25) is 0 Å². The molecule has 0 radical (unpaired) electrons. The molecule has 2 atom stereocenters. The lowest BCUT2D eigenvalue weighted by molar-refractivity contribution is -0.139. The molecule has 1 N–H and O–H groups in total. The summed E-state index contributed by atoms with van der Waals surface area (Å²) in [6.07, 6.45) is 0. The smallest absolute Gasteiger partial charge is 0.387 e. The van der Waals surface area contributed by atoms with Crippen LogP contribution in [0.25, 0.3) is 0 Å². The Morgan fingerprint density at radius 3 is 2.50 bits per heavy atom. The summed E-state index contributed by atoms with van der Waals surface area (Å²) in [5, 5.41) is 9.10. The van der Waals surface area contributed by atoms with Crippen molar-refractivity contribution in [3.8, 4) is 5.75 Å². The van der Waals surface area contributed by atoms with Crippen LogP contribution in [0, 0.1) is 11.3 Å². The number of hydrogen-bond donors (Lipinski definition) is 1. The third-order valence-corrected chi connectivity index (χ3v) is 3.56. The number of carboxylic acid groups (broad SMARTS) is 1. The number of carbonyl (C=O) groups is 1. The van der Waals surface area contributed by atoms with Crippen LogP contribution in [0.4, 0.5) is 8.78 Å². The number of halogens is 2. The molecule has 0 heterocycles. The Labute approximate surface area is 103 Å². The topological polar surface area (TPSA) is 46.5 Å². The molecule has 1 saturated carbocycles. The first-order chi connectivity index (χ1) is 8.35. The third kappa shape index (κ3) is 2.05. The van der Waals surface area contributed by atoms with Crippen LogP contribution < -0.4 is 4.74 Å². The number of rotatable bonds is 4. The molecule has 1 fully saturated rings. The van der Waals surface area contributed by atoms with Crippen molar-refractivity contribution in [2.45, 2.75) is 26.4 Å². The number of para-hydroxylation sites is 1. The molecule has 1 aliphatic carbocycles. The number of benzene rings is 1. The number of alkyl halides is 2. The van der Waals surface area contributed by atoms with Gasteiger partial charge in [0.2, 0.25) is 0 Å². The van der Waals surface area contributed by atoms with Crippen LogP contribution in [0.3, 0.4) is 0 Å². The van der Waals surface area contributed by atoms with E-state index in [1.807, 2.05) is 13.8 Å². The molecule has 0 spiro atoms. The van der Waals surface area contributed by atoms with Gasteiger partial charge in [0.25, 0.3) is 0 Å². The zero-order valence-corrected chi connectivity index (χ0v) is 10.1. The molecule has 1 aromatic rings. The maximum absolute atomic E-state index is 12.3. The van der Waals surface area contributed by atoms with E-state index >= 15 is 0 Å². The molecule has 0 amide bonds. The van der Waals surface area contributed by atoms with Crippen molar-refractivity contribution in [3.63, 3.8) is 0 Å². The first kappa shape index (κ1) is 12.8. The largest absolute Gasteiger partial charge is 0.481 e. The highest BCUT2D eigenvalue weighted by Crippen LogP contribution is 2.65. The first-order valence-corrected chi connectivity index (χ1v) is 5.62. The van der Waals surface area contributed by atoms with Crippen LogP contribution in [0.15, 0.2) is 24.3 Å². The molecular weight excluding hydrogens is 242 g/mol. The van der Waals surface area contributed by atoms with Crippen molar-refractivity contribution in [2.24, 2.45) is 11.3 Å². The van der Waals surface area contributed by atoms with Gasteiger partial charge in [-0.2, -0.15) is 8.78 Å². The summed E-state index contributed by atoms with van der Waals surface area (Å²) in [5.41, 5.74) is 0.100. The molecule has 0 unspecified atom stereocenters. The summed E-state index contributed by atoms with van der Waals surface area (Å²) in [6.45, 7) is 0.724. The van der Waals surface area contributed by atoms with E-state index in [0.29, 0.717) is 5.56 Å². The molecule has 2 rings (SSSR count). The second kappa shape index (κ2) is 4.23. The Kier molecular flexibility index (Phi) is 3.00. The molecule has 3 nitrogen and oxygen atoms in total. The summed E-state index contributed by atoms with van der Waals surface area (Å²) in [5.74, 6) is -1.68. The molecule has 1 aromatic carbocycles. The first-order valence-electron chi connectivity index (χ1n) is 5.62. The van der Waals surface area contributed by atoms with Crippen LogP contribution in [-0.2, 0) is 4.79 Å². The minimum absolute atomic E-state index is 0.0642. The molecular formula is C13H14F2O3. The van der Waals surface area contributed by atoms with Crippen molar-refractivity contribution in [3.05, 3.63) is 29.8 Å². The van der Waals surface area contributed by atoms with E-state index in [0.717, 1.165) is 0 Å². The molecule has 0 aliphatic heterocycles. The third-order valence-electron chi connectivity index (χ3n) is 3.56. The van der Waals surface area contributed by atoms with Crippen molar-refractivity contribution in [1.29, 1.82) is 0 Å². The van der Waals surface area contributed by atoms with Crippen LogP contribution in [-0.4, -0.2) is 17.7 Å². The Hall–Kier alpha value is -1.65. The van der Waals surface area contributed by atoms with Gasteiger partial charge in [0.05, 0.1) is 5.92 Å². The maximum Gasteiger partial charge on any atom is 0.387 e. The summed E-state index contributed by atoms with van der Waals surface area (Å²) >= 11 is 0.